The molecule has 0 bridgehead atoms. The van der Waals surface area contributed by atoms with Crippen molar-refractivity contribution in [2.75, 3.05) is 31.7 Å². The van der Waals surface area contributed by atoms with Crippen molar-refractivity contribution in [2.24, 2.45) is 0 Å². The highest BCUT2D eigenvalue weighted by molar-refractivity contribution is 5.43. The lowest BCUT2D eigenvalue weighted by Crippen LogP contribution is -2.08. The van der Waals surface area contributed by atoms with Gasteiger partial charge in [-0.3, -0.25) is 0 Å². The summed E-state index contributed by atoms with van der Waals surface area (Å²) < 4.78 is 10.9. The molecule has 1 rings (SSSR count). The average Bonchev–Trinajstić information content (AvgIpc) is 2.41. The average molecular weight is 252 g/mol. The van der Waals surface area contributed by atoms with Crippen LogP contribution < -0.4 is 5.32 Å². The molecule has 4 heteroatoms. The third-order valence-corrected chi connectivity index (χ3v) is 2.41. The minimum absolute atomic E-state index is 0.579. The molecule has 0 aliphatic rings. The van der Waals surface area contributed by atoms with E-state index in [9.17, 15) is 0 Å². The van der Waals surface area contributed by atoms with Crippen LogP contribution in [-0.2, 0) is 16.1 Å². The summed E-state index contributed by atoms with van der Waals surface area (Å²) in [6.45, 7) is 7.84. The Morgan fingerprint density at radius 1 is 1.11 bits per heavy atom. The number of anilines is 1. The lowest BCUT2D eigenvalue weighted by atomic mass is 10.2. The molecule has 1 N–H and O–H groups in total. The molecule has 0 radical (unpaired) electrons. The largest absolute Gasteiger partial charge is 0.379 e. The molecule has 4 nitrogen and oxygen atoms in total. The third kappa shape index (κ3) is 5.98. The van der Waals surface area contributed by atoms with Gasteiger partial charge < -0.3 is 14.8 Å². The maximum absolute atomic E-state index is 5.58. The van der Waals surface area contributed by atoms with Crippen molar-refractivity contribution < 1.29 is 9.47 Å². The summed E-state index contributed by atoms with van der Waals surface area (Å²) in [5.41, 5.74) is 1.10. The fraction of sp³-hybridized carbons (Fsp3) is 0.643. The van der Waals surface area contributed by atoms with Gasteiger partial charge in [0.05, 0.1) is 19.8 Å². The fourth-order valence-electron chi connectivity index (χ4n) is 1.50. The highest BCUT2D eigenvalue weighted by Gasteiger charge is 2.02. The van der Waals surface area contributed by atoms with Gasteiger partial charge in [-0.2, -0.15) is 0 Å². The monoisotopic (exact) mass is 252 g/mol. The van der Waals surface area contributed by atoms with Crippen LogP contribution in [0.15, 0.2) is 18.3 Å². The number of nitrogens with one attached hydrogen (secondary N) is 1. The summed E-state index contributed by atoms with van der Waals surface area (Å²) in [6.07, 6.45) is 3.93. The number of hydrogen-bond acceptors (Lipinski definition) is 4. The zero-order chi connectivity index (χ0) is 13.1. The summed E-state index contributed by atoms with van der Waals surface area (Å²) in [4.78, 5) is 4.32. The van der Waals surface area contributed by atoms with Gasteiger partial charge in [-0.25, -0.2) is 4.98 Å². The number of aromatic nitrogens is 1. The number of pyridine rings is 1. The van der Waals surface area contributed by atoms with Crippen molar-refractivity contribution in [3.63, 3.8) is 0 Å². The van der Waals surface area contributed by atoms with Gasteiger partial charge in [0.25, 0.3) is 0 Å². The Balaban J connectivity index is 2.27. The standard InChI is InChI=1S/C14H24N2O2/c1-3-7-15-14-13(6-5-8-16-14)12-18-11-10-17-9-4-2/h5-6,8H,3-4,7,9-12H2,1-2H3,(H,15,16). The van der Waals surface area contributed by atoms with E-state index in [2.05, 4.69) is 24.1 Å². The summed E-state index contributed by atoms with van der Waals surface area (Å²) in [5, 5.41) is 3.30. The van der Waals surface area contributed by atoms with Gasteiger partial charge in [-0.05, 0) is 18.9 Å². The van der Waals surface area contributed by atoms with Gasteiger partial charge in [-0.1, -0.05) is 19.9 Å². The molecule has 0 aliphatic heterocycles. The second-order valence-electron chi connectivity index (χ2n) is 4.10. The molecule has 0 atom stereocenters. The van der Waals surface area contributed by atoms with E-state index in [0.29, 0.717) is 19.8 Å². The van der Waals surface area contributed by atoms with Crippen LogP contribution in [0.25, 0.3) is 0 Å². The molecule has 102 valence electrons. The Morgan fingerprint density at radius 3 is 2.72 bits per heavy atom. The van der Waals surface area contributed by atoms with E-state index in [1.54, 1.807) is 6.20 Å². The van der Waals surface area contributed by atoms with E-state index in [0.717, 1.165) is 37.4 Å². The van der Waals surface area contributed by atoms with Crippen molar-refractivity contribution in [1.82, 2.24) is 4.98 Å². The molecule has 18 heavy (non-hydrogen) atoms. The number of rotatable bonds is 10. The summed E-state index contributed by atoms with van der Waals surface area (Å²) in [6, 6.07) is 3.97. The van der Waals surface area contributed by atoms with Crippen molar-refractivity contribution in [3.8, 4) is 0 Å². The van der Waals surface area contributed by atoms with Gasteiger partial charge in [0.15, 0.2) is 0 Å². The highest BCUT2D eigenvalue weighted by Crippen LogP contribution is 2.12. The van der Waals surface area contributed by atoms with E-state index >= 15 is 0 Å². The Morgan fingerprint density at radius 2 is 1.94 bits per heavy atom. The highest BCUT2D eigenvalue weighted by atomic mass is 16.5. The minimum atomic E-state index is 0.579. The van der Waals surface area contributed by atoms with Gasteiger partial charge >= 0.3 is 0 Å². The SMILES string of the molecule is CCCNc1ncccc1COCCOCCC. The molecule has 1 heterocycles. The van der Waals surface area contributed by atoms with Crippen molar-refractivity contribution in [1.29, 1.82) is 0 Å². The van der Waals surface area contributed by atoms with Crippen LogP contribution in [0.2, 0.25) is 0 Å². The zero-order valence-corrected chi connectivity index (χ0v) is 11.4. The second kappa shape index (κ2) is 9.85. The number of ether oxygens (including phenoxy) is 2. The molecule has 0 spiro atoms. The summed E-state index contributed by atoms with van der Waals surface area (Å²) in [7, 11) is 0. The van der Waals surface area contributed by atoms with Crippen molar-refractivity contribution >= 4 is 5.82 Å². The van der Waals surface area contributed by atoms with Crippen molar-refractivity contribution in [3.05, 3.63) is 23.9 Å². The van der Waals surface area contributed by atoms with E-state index < -0.39 is 0 Å². The van der Waals surface area contributed by atoms with Crippen LogP contribution in [0.3, 0.4) is 0 Å². The Bertz CT molecular complexity index is 318. The van der Waals surface area contributed by atoms with Crippen LogP contribution in [-0.4, -0.2) is 31.3 Å². The molecule has 0 saturated heterocycles. The summed E-state index contributed by atoms with van der Waals surface area (Å²) in [5.74, 6) is 0.925. The smallest absolute Gasteiger partial charge is 0.131 e. The van der Waals surface area contributed by atoms with Crippen LogP contribution in [0.4, 0.5) is 5.82 Å². The Kier molecular flexibility index (Phi) is 8.17. The predicted molar refractivity (Wildman–Crippen MR) is 73.8 cm³/mol. The molecule has 0 saturated carbocycles. The number of hydrogen-bond donors (Lipinski definition) is 1. The first-order valence-corrected chi connectivity index (χ1v) is 6.71. The van der Waals surface area contributed by atoms with E-state index in [1.165, 1.54) is 0 Å². The van der Waals surface area contributed by atoms with Crippen LogP contribution in [0.5, 0.6) is 0 Å². The lowest BCUT2D eigenvalue weighted by Gasteiger charge is -2.10. The quantitative estimate of drug-likeness (QED) is 0.650. The lowest BCUT2D eigenvalue weighted by molar-refractivity contribution is 0.0409. The third-order valence-electron chi connectivity index (χ3n) is 2.41. The first-order valence-electron chi connectivity index (χ1n) is 6.71. The first kappa shape index (κ1) is 14.9. The Hall–Kier alpha value is -1.13. The zero-order valence-electron chi connectivity index (χ0n) is 11.4. The molecule has 0 fully saturated rings. The minimum Gasteiger partial charge on any atom is -0.379 e. The molecule has 0 unspecified atom stereocenters. The van der Waals surface area contributed by atoms with Gasteiger partial charge in [0.1, 0.15) is 5.82 Å². The molecular formula is C14H24N2O2. The molecule has 1 aromatic heterocycles. The molecule has 0 aliphatic carbocycles. The maximum atomic E-state index is 5.58. The first-order chi connectivity index (χ1) is 8.88. The van der Waals surface area contributed by atoms with Gasteiger partial charge in [0, 0.05) is 24.9 Å². The van der Waals surface area contributed by atoms with Crippen molar-refractivity contribution in [2.45, 2.75) is 33.3 Å². The molecule has 0 aromatic carbocycles. The van der Waals surface area contributed by atoms with Crippen LogP contribution in [0.1, 0.15) is 32.3 Å². The normalized spacial score (nSPS) is 10.6. The summed E-state index contributed by atoms with van der Waals surface area (Å²) >= 11 is 0. The van der Waals surface area contributed by atoms with E-state index in [4.69, 9.17) is 9.47 Å². The van der Waals surface area contributed by atoms with Crippen LogP contribution in [0, 0.1) is 0 Å². The van der Waals surface area contributed by atoms with Crippen LogP contribution >= 0.6 is 0 Å². The van der Waals surface area contributed by atoms with E-state index in [1.807, 2.05) is 12.1 Å². The molecule has 0 amide bonds. The predicted octanol–water partition coefficient (Wildman–Crippen LogP) is 2.85. The van der Waals surface area contributed by atoms with E-state index in [-0.39, 0.29) is 0 Å². The topological polar surface area (TPSA) is 43.4 Å². The fourth-order valence-corrected chi connectivity index (χ4v) is 1.50. The molecular weight excluding hydrogens is 228 g/mol. The van der Waals surface area contributed by atoms with Gasteiger partial charge in [-0.15, -0.1) is 0 Å². The maximum Gasteiger partial charge on any atom is 0.131 e. The van der Waals surface area contributed by atoms with Gasteiger partial charge in [0.2, 0.25) is 0 Å². The molecule has 1 aromatic rings. The Labute approximate surface area is 110 Å². The second-order valence-corrected chi connectivity index (χ2v) is 4.10. The number of nitrogens with zero attached hydrogens (tertiary/aromatic N) is 1.